The largest absolute Gasteiger partial charge is 0.340 e. The molecule has 2 fully saturated rings. The maximum Gasteiger partial charge on any atom is 0.225 e. The minimum Gasteiger partial charge on any atom is -0.340 e. The molecule has 1 N–H and O–H groups in total. The molecule has 0 bridgehead atoms. The van der Waals surface area contributed by atoms with E-state index >= 15 is 0 Å². The Morgan fingerprint density at radius 2 is 1.94 bits per heavy atom. The van der Waals surface area contributed by atoms with E-state index in [0.717, 1.165) is 32.5 Å². The molecule has 2 rings (SSSR count). The fourth-order valence-corrected chi connectivity index (χ4v) is 3.32. The molecule has 0 spiro atoms. The zero-order chi connectivity index (χ0) is 13.0. The number of nitrogens with zero attached hydrogens (tertiary/aromatic N) is 1. The number of amides is 1. The standard InChI is InChI=1S/C15H28N2O/c1-12(2)17(11-13-6-5-9-16-10-13)15(18)14-7-3-4-8-14/h12-14,16H,3-11H2,1-2H3. The summed E-state index contributed by atoms with van der Waals surface area (Å²) in [5, 5.41) is 3.45. The Morgan fingerprint density at radius 3 is 2.50 bits per heavy atom. The van der Waals surface area contributed by atoms with Crippen LogP contribution in [0.3, 0.4) is 0 Å². The molecule has 1 unspecified atom stereocenters. The molecule has 1 amide bonds. The molecule has 0 aromatic heterocycles. The molecule has 2 aliphatic rings. The first-order valence-corrected chi connectivity index (χ1v) is 7.69. The molecule has 3 heteroatoms. The lowest BCUT2D eigenvalue weighted by atomic mass is 9.97. The van der Waals surface area contributed by atoms with Crippen molar-refractivity contribution in [3.63, 3.8) is 0 Å². The van der Waals surface area contributed by atoms with Crippen LogP contribution in [0.25, 0.3) is 0 Å². The lowest BCUT2D eigenvalue weighted by Gasteiger charge is -2.34. The summed E-state index contributed by atoms with van der Waals surface area (Å²) in [6, 6.07) is 0.347. The Kier molecular flexibility index (Phi) is 5.04. The third-order valence-corrected chi connectivity index (χ3v) is 4.46. The van der Waals surface area contributed by atoms with E-state index < -0.39 is 0 Å². The van der Waals surface area contributed by atoms with Crippen LogP contribution in [-0.4, -0.2) is 36.5 Å². The van der Waals surface area contributed by atoms with Crippen LogP contribution in [0.2, 0.25) is 0 Å². The summed E-state index contributed by atoms with van der Waals surface area (Å²) in [5.74, 6) is 1.41. The van der Waals surface area contributed by atoms with Gasteiger partial charge in [-0.05, 0) is 58.5 Å². The van der Waals surface area contributed by atoms with Crippen LogP contribution < -0.4 is 5.32 Å². The number of nitrogens with one attached hydrogen (secondary N) is 1. The Hall–Kier alpha value is -0.570. The molecule has 3 nitrogen and oxygen atoms in total. The normalized spacial score (nSPS) is 25.6. The van der Waals surface area contributed by atoms with Gasteiger partial charge in [0.1, 0.15) is 0 Å². The maximum atomic E-state index is 12.6. The first-order chi connectivity index (χ1) is 8.68. The van der Waals surface area contributed by atoms with Gasteiger partial charge in [-0.3, -0.25) is 4.79 Å². The quantitative estimate of drug-likeness (QED) is 0.833. The van der Waals surface area contributed by atoms with Crippen molar-refractivity contribution in [3.05, 3.63) is 0 Å². The lowest BCUT2D eigenvalue weighted by molar-refractivity contribution is -0.137. The van der Waals surface area contributed by atoms with E-state index in [2.05, 4.69) is 24.1 Å². The summed E-state index contributed by atoms with van der Waals surface area (Å²) in [5.41, 5.74) is 0. The maximum absolute atomic E-state index is 12.6. The smallest absolute Gasteiger partial charge is 0.225 e. The van der Waals surface area contributed by atoms with Crippen molar-refractivity contribution in [3.8, 4) is 0 Å². The van der Waals surface area contributed by atoms with Crippen molar-refractivity contribution in [2.75, 3.05) is 19.6 Å². The third-order valence-electron chi connectivity index (χ3n) is 4.46. The van der Waals surface area contributed by atoms with Crippen molar-refractivity contribution < 1.29 is 4.79 Å². The summed E-state index contributed by atoms with van der Waals surface area (Å²) in [6.07, 6.45) is 7.25. The van der Waals surface area contributed by atoms with E-state index in [-0.39, 0.29) is 0 Å². The summed E-state index contributed by atoms with van der Waals surface area (Å²) >= 11 is 0. The highest BCUT2D eigenvalue weighted by molar-refractivity contribution is 5.79. The second-order valence-electron chi connectivity index (χ2n) is 6.28. The second-order valence-corrected chi connectivity index (χ2v) is 6.28. The van der Waals surface area contributed by atoms with Crippen LogP contribution >= 0.6 is 0 Å². The van der Waals surface area contributed by atoms with Crippen LogP contribution in [-0.2, 0) is 4.79 Å². The Morgan fingerprint density at radius 1 is 1.22 bits per heavy atom. The highest BCUT2D eigenvalue weighted by Crippen LogP contribution is 2.28. The minimum absolute atomic E-state index is 0.323. The predicted molar refractivity (Wildman–Crippen MR) is 74.4 cm³/mol. The summed E-state index contributed by atoms with van der Waals surface area (Å²) in [6.45, 7) is 7.50. The first-order valence-electron chi connectivity index (χ1n) is 7.69. The van der Waals surface area contributed by atoms with E-state index in [9.17, 15) is 4.79 Å². The van der Waals surface area contributed by atoms with E-state index in [1.165, 1.54) is 25.7 Å². The highest BCUT2D eigenvalue weighted by Gasteiger charge is 2.30. The van der Waals surface area contributed by atoms with Crippen LogP contribution in [0.5, 0.6) is 0 Å². The number of carbonyl (C=O) groups is 1. The van der Waals surface area contributed by atoms with Crippen molar-refractivity contribution in [2.45, 2.75) is 58.4 Å². The molecule has 1 aliphatic heterocycles. The average Bonchev–Trinajstić information content (AvgIpc) is 2.90. The fraction of sp³-hybridized carbons (Fsp3) is 0.933. The third kappa shape index (κ3) is 3.47. The molecule has 0 aromatic carbocycles. The second kappa shape index (κ2) is 6.55. The molecule has 1 saturated carbocycles. The Bertz CT molecular complexity index is 266. The van der Waals surface area contributed by atoms with Crippen molar-refractivity contribution in [1.82, 2.24) is 10.2 Å². The van der Waals surface area contributed by atoms with Gasteiger partial charge in [-0.2, -0.15) is 0 Å². The van der Waals surface area contributed by atoms with Crippen LogP contribution in [0, 0.1) is 11.8 Å². The zero-order valence-electron chi connectivity index (χ0n) is 12.0. The summed E-state index contributed by atoms with van der Waals surface area (Å²) in [7, 11) is 0. The molecular formula is C15H28N2O. The van der Waals surface area contributed by atoms with Gasteiger partial charge in [0.2, 0.25) is 5.91 Å². The van der Waals surface area contributed by atoms with E-state index in [1.54, 1.807) is 0 Å². The van der Waals surface area contributed by atoms with Crippen molar-refractivity contribution >= 4 is 5.91 Å². The predicted octanol–water partition coefficient (Wildman–Crippen LogP) is 2.41. The van der Waals surface area contributed by atoms with Crippen LogP contribution in [0.1, 0.15) is 52.4 Å². The van der Waals surface area contributed by atoms with E-state index in [0.29, 0.717) is 23.8 Å². The van der Waals surface area contributed by atoms with Crippen molar-refractivity contribution in [2.24, 2.45) is 11.8 Å². The first kappa shape index (κ1) is 13.9. The molecule has 0 radical (unpaired) electrons. The molecule has 1 aliphatic carbocycles. The zero-order valence-corrected chi connectivity index (χ0v) is 12.0. The minimum atomic E-state index is 0.323. The van der Waals surface area contributed by atoms with Gasteiger partial charge in [0.15, 0.2) is 0 Å². The van der Waals surface area contributed by atoms with Gasteiger partial charge >= 0.3 is 0 Å². The molecular weight excluding hydrogens is 224 g/mol. The summed E-state index contributed by atoms with van der Waals surface area (Å²) in [4.78, 5) is 14.7. The molecule has 18 heavy (non-hydrogen) atoms. The topological polar surface area (TPSA) is 32.3 Å². The molecule has 1 heterocycles. The Balaban J connectivity index is 1.91. The van der Waals surface area contributed by atoms with Crippen LogP contribution in [0.15, 0.2) is 0 Å². The molecule has 1 atom stereocenters. The van der Waals surface area contributed by atoms with Crippen molar-refractivity contribution in [1.29, 1.82) is 0 Å². The van der Waals surface area contributed by atoms with Gasteiger partial charge in [0.25, 0.3) is 0 Å². The summed E-state index contributed by atoms with van der Waals surface area (Å²) < 4.78 is 0. The average molecular weight is 252 g/mol. The lowest BCUT2D eigenvalue weighted by Crippen LogP contribution is -2.46. The number of carbonyl (C=O) groups excluding carboxylic acids is 1. The van der Waals surface area contributed by atoms with Gasteiger partial charge in [-0.15, -0.1) is 0 Å². The molecule has 0 aromatic rings. The number of piperidine rings is 1. The van der Waals surface area contributed by atoms with E-state index in [1.807, 2.05) is 0 Å². The van der Waals surface area contributed by atoms with Gasteiger partial charge in [-0.1, -0.05) is 12.8 Å². The van der Waals surface area contributed by atoms with Crippen LogP contribution in [0.4, 0.5) is 0 Å². The SMILES string of the molecule is CC(C)N(CC1CCCNC1)C(=O)C1CCCC1. The Labute approximate surface area is 111 Å². The molecule has 1 saturated heterocycles. The van der Waals surface area contributed by atoms with E-state index in [4.69, 9.17) is 0 Å². The van der Waals surface area contributed by atoms with Gasteiger partial charge in [-0.25, -0.2) is 0 Å². The fourth-order valence-electron chi connectivity index (χ4n) is 3.32. The number of hydrogen-bond acceptors (Lipinski definition) is 2. The van der Waals surface area contributed by atoms with Gasteiger partial charge in [0, 0.05) is 18.5 Å². The molecule has 104 valence electrons. The number of rotatable bonds is 4. The highest BCUT2D eigenvalue weighted by atomic mass is 16.2. The number of hydrogen-bond donors (Lipinski definition) is 1. The van der Waals surface area contributed by atoms with Gasteiger partial charge < -0.3 is 10.2 Å². The van der Waals surface area contributed by atoms with Gasteiger partial charge in [0.05, 0.1) is 0 Å². The monoisotopic (exact) mass is 252 g/mol.